The van der Waals surface area contributed by atoms with Crippen molar-refractivity contribution in [3.05, 3.63) is 47.3 Å². The van der Waals surface area contributed by atoms with Gasteiger partial charge in [0.25, 0.3) is 5.91 Å². The summed E-state index contributed by atoms with van der Waals surface area (Å²) in [6.07, 6.45) is 3.79. The van der Waals surface area contributed by atoms with Crippen LogP contribution >= 0.6 is 0 Å². The van der Waals surface area contributed by atoms with E-state index in [4.69, 9.17) is 5.73 Å². The molecule has 2 aromatic rings. The van der Waals surface area contributed by atoms with Crippen molar-refractivity contribution in [3.63, 3.8) is 0 Å². The summed E-state index contributed by atoms with van der Waals surface area (Å²) in [5.74, 6) is 0.459. The highest BCUT2D eigenvalue weighted by Crippen LogP contribution is 2.30. The number of hydrogen-bond donors (Lipinski definition) is 2. The second kappa shape index (κ2) is 7.15. The molecule has 0 bridgehead atoms. The van der Waals surface area contributed by atoms with Crippen LogP contribution in [0.1, 0.15) is 41.4 Å². The lowest BCUT2D eigenvalue weighted by Crippen LogP contribution is -2.50. The van der Waals surface area contributed by atoms with Crippen molar-refractivity contribution in [2.24, 2.45) is 0 Å². The topological polar surface area (TPSA) is 87.4 Å². The third kappa shape index (κ3) is 3.47. The number of anilines is 2. The van der Waals surface area contributed by atoms with Crippen molar-refractivity contribution >= 4 is 17.5 Å². The maximum absolute atomic E-state index is 12.9. The fourth-order valence-corrected chi connectivity index (χ4v) is 4.18. The Bertz CT molecular complexity index is 837. The summed E-state index contributed by atoms with van der Waals surface area (Å²) in [4.78, 5) is 25.8. The standard InChI is InChI=1S/C20H26N6O/c1-13-9-17(25-11-15-10-23-20(21)24-18(15)12-25)7-8-26(13)19(27)14-3-5-16(22-2)6-4-14/h3-6,10,13,17,22H,7-9,11-12H2,1-2H3,(H2,21,23,24)/t13-,17-/m1/s1. The first-order valence-electron chi connectivity index (χ1n) is 9.48. The molecule has 1 fully saturated rings. The molecule has 0 aliphatic carbocycles. The van der Waals surface area contributed by atoms with Gasteiger partial charge in [-0.15, -0.1) is 0 Å². The van der Waals surface area contributed by atoms with Gasteiger partial charge in [-0.3, -0.25) is 9.69 Å². The van der Waals surface area contributed by atoms with Gasteiger partial charge in [0.2, 0.25) is 5.95 Å². The summed E-state index contributed by atoms with van der Waals surface area (Å²) in [6, 6.07) is 8.34. The Morgan fingerprint density at radius 3 is 2.74 bits per heavy atom. The van der Waals surface area contributed by atoms with Gasteiger partial charge in [0.05, 0.1) is 5.69 Å². The number of carbonyl (C=O) groups is 1. The lowest BCUT2D eigenvalue weighted by atomic mass is 9.96. The Morgan fingerprint density at radius 2 is 2.04 bits per heavy atom. The molecule has 7 nitrogen and oxygen atoms in total. The lowest BCUT2D eigenvalue weighted by molar-refractivity contribution is 0.0460. The maximum atomic E-state index is 12.9. The quantitative estimate of drug-likeness (QED) is 0.865. The number of carbonyl (C=O) groups excluding carboxylic acids is 1. The highest BCUT2D eigenvalue weighted by Gasteiger charge is 2.34. The molecule has 2 aliphatic rings. The summed E-state index contributed by atoms with van der Waals surface area (Å²) in [5, 5.41) is 3.08. The van der Waals surface area contributed by atoms with E-state index in [9.17, 15) is 4.79 Å². The number of hydrogen-bond acceptors (Lipinski definition) is 6. The number of rotatable bonds is 3. The molecule has 4 rings (SSSR count). The number of benzene rings is 1. The Morgan fingerprint density at radius 1 is 1.26 bits per heavy atom. The summed E-state index contributed by atoms with van der Waals surface area (Å²) in [7, 11) is 1.88. The molecule has 0 spiro atoms. The second-order valence-corrected chi connectivity index (χ2v) is 7.46. The van der Waals surface area contributed by atoms with E-state index >= 15 is 0 Å². The summed E-state index contributed by atoms with van der Waals surface area (Å²) < 4.78 is 0. The summed E-state index contributed by atoms with van der Waals surface area (Å²) >= 11 is 0. The smallest absolute Gasteiger partial charge is 0.254 e. The summed E-state index contributed by atoms with van der Waals surface area (Å²) in [6.45, 7) is 4.61. The van der Waals surface area contributed by atoms with E-state index in [1.807, 2.05) is 42.4 Å². The Kier molecular flexibility index (Phi) is 4.70. The monoisotopic (exact) mass is 366 g/mol. The van der Waals surface area contributed by atoms with Crippen LogP contribution in [-0.2, 0) is 13.1 Å². The van der Waals surface area contributed by atoms with E-state index in [1.165, 1.54) is 5.56 Å². The van der Waals surface area contributed by atoms with Gasteiger partial charge in [-0.05, 0) is 44.0 Å². The Labute approximate surface area is 159 Å². The predicted octanol–water partition coefficient (Wildman–Crippen LogP) is 2.11. The molecule has 1 aromatic carbocycles. The molecule has 0 unspecified atom stereocenters. The fourth-order valence-electron chi connectivity index (χ4n) is 4.18. The van der Waals surface area contributed by atoms with Crippen molar-refractivity contribution in [2.45, 2.75) is 44.9 Å². The fraction of sp³-hybridized carbons (Fsp3) is 0.450. The van der Waals surface area contributed by atoms with Crippen LogP contribution < -0.4 is 11.1 Å². The van der Waals surface area contributed by atoms with Gasteiger partial charge in [0, 0.05) is 61.8 Å². The minimum atomic E-state index is 0.118. The van der Waals surface area contributed by atoms with E-state index in [-0.39, 0.29) is 11.9 Å². The van der Waals surface area contributed by atoms with Crippen LogP contribution in [0, 0.1) is 0 Å². The number of nitrogens with one attached hydrogen (secondary N) is 1. The van der Waals surface area contributed by atoms with Gasteiger partial charge in [-0.1, -0.05) is 0 Å². The van der Waals surface area contributed by atoms with Crippen LogP contribution in [0.25, 0.3) is 0 Å². The maximum Gasteiger partial charge on any atom is 0.254 e. The van der Waals surface area contributed by atoms with Crippen LogP contribution in [0.2, 0.25) is 0 Å². The molecule has 3 N–H and O–H groups in total. The molecule has 1 aromatic heterocycles. The highest BCUT2D eigenvalue weighted by atomic mass is 16.2. The minimum Gasteiger partial charge on any atom is -0.388 e. The predicted molar refractivity (Wildman–Crippen MR) is 105 cm³/mol. The molecular formula is C20H26N6O. The van der Waals surface area contributed by atoms with Gasteiger partial charge < -0.3 is 16.0 Å². The van der Waals surface area contributed by atoms with Gasteiger partial charge in [0.1, 0.15) is 0 Å². The third-order valence-electron chi connectivity index (χ3n) is 5.75. The minimum absolute atomic E-state index is 0.118. The van der Waals surface area contributed by atoms with E-state index in [2.05, 4.69) is 27.1 Å². The first-order chi connectivity index (χ1) is 13.0. The van der Waals surface area contributed by atoms with E-state index < -0.39 is 0 Å². The Hall–Kier alpha value is -2.67. The van der Waals surface area contributed by atoms with Crippen LogP contribution in [0.5, 0.6) is 0 Å². The van der Waals surface area contributed by atoms with Gasteiger partial charge >= 0.3 is 0 Å². The molecule has 2 atom stereocenters. The van der Waals surface area contributed by atoms with E-state index in [1.54, 1.807) is 0 Å². The SMILES string of the molecule is CNc1ccc(C(=O)N2CC[C@@H](N3Cc4cnc(N)nc4C3)C[C@H]2C)cc1. The van der Waals surface area contributed by atoms with Gasteiger partial charge in [-0.25, -0.2) is 9.97 Å². The lowest BCUT2D eigenvalue weighted by Gasteiger charge is -2.41. The molecule has 3 heterocycles. The van der Waals surface area contributed by atoms with E-state index in [0.29, 0.717) is 12.0 Å². The number of nitrogen functional groups attached to an aromatic ring is 1. The van der Waals surface area contributed by atoms with Crippen molar-refractivity contribution in [2.75, 3.05) is 24.6 Å². The third-order valence-corrected chi connectivity index (χ3v) is 5.75. The number of amides is 1. The van der Waals surface area contributed by atoms with Crippen molar-refractivity contribution in [1.29, 1.82) is 0 Å². The molecular weight excluding hydrogens is 340 g/mol. The van der Waals surface area contributed by atoms with Gasteiger partial charge in [-0.2, -0.15) is 0 Å². The van der Waals surface area contributed by atoms with Crippen LogP contribution in [0.3, 0.4) is 0 Å². The molecule has 27 heavy (non-hydrogen) atoms. The number of piperidine rings is 1. The molecule has 0 saturated carbocycles. The largest absolute Gasteiger partial charge is 0.388 e. The zero-order valence-electron chi connectivity index (χ0n) is 15.9. The second-order valence-electron chi connectivity index (χ2n) is 7.46. The number of nitrogens with zero attached hydrogens (tertiary/aromatic N) is 4. The average molecular weight is 366 g/mol. The molecule has 1 saturated heterocycles. The average Bonchev–Trinajstić information content (AvgIpc) is 3.10. The number of aromatic nitrogens is 2. The number of nitrogens with two attached hydrogens (primary N) is 1. The normalized spacial score (nSPS) is 22.5. The van der Waals surface area contributed by atoms with Crippen molar-refractivity contribution in [1.82, 2.24) is 19.8 Å². The van der Waals surface area contributed by atoms with Gasteiger partial charge in [0.15, 0.2) is 0 Å². The highest BCUT2D eigenvalue weighted by molar-refractivity contribution is 5.94. The Balaban J connectivity index is 1.40. The number of fused-ring (bicyclic) bond motifs is 1. The zero-order chi connectivity index (χ0) is 19.0. The van der Waals surface area contributed by atoms with Crippen LogP contribution in [-0.4, -0.2) is 51.4 Å². The molecule has 142 valence electrons. The first-order valence-corrected chi connectivity index (χ1v) is 9.48. The van der Waals surface area contributed by atoms with Crippen LogP contribution in [0.15, 0.2) is 30.5 Å². The van der Waals surface area contributed by atoms with Crippen LogP contribution in [0.4, 0.5) is 11.6 Å². The number of likely N-dealkylation sites (tertiary alicyclic amines) is 1. The van der Waals surface area contributed by atoms with E-state index in [0.717, 1.165) is 49.4 Å². The molecule has 7 heteroatoms. The zero-order valence-corrected chi connectivity index (χ0v) is 15.9. The van der Waals surface area contributed by atoms with Crippen molar-refractivity contribution < 1.29 is 4.79 Å². The van der Waals surface area contributed by atoms with Crippen molar-refractivity contribution in [3.8, 4) is 0 Å². The molecule has 1 amide bonds. The molecule has 0 radical (unpaired) electrons. The summed E-state index contributed by atoms with van der Waals surface area (Å²) in [5.41, 5.74) is 9.68. The first kappa shape index (κ1) is 17.7. The molecule has 2 aliphatic heterocycles.